The molecular weight excluding hydrogens is 246 g/mol. The molecule has 0 N–H and O–H groups in total. The maximum atomic E-state index is 11.8. The van der Waals surface area contributed by atoms with Crippen molar-refractivity contribution in [3.8, 4) is 0 Å². The lowest BCUT2D eigenvalue weighted by Crippen LogP contribution is -2.31. The van der Waals surface area contributed by atoms with Crippen LogP contribution in [0, 0.1) is 5.92 Å². The van der Waals surface area contributed by atoms with E-state index in [1.807, 2.05) is 0 Å². The number of aromatic nitrogens is 2. The standard InChI is InChI=1S/C13H20BClN2O/c1-13(2,14)9-3-5-10(6-4-9)17-12(18)8-7-11(15)16-17/h7-10H,3-6,14H2,1-2H3/t9-,10-. The molecule has 0 spiro atoms. The van der Waals surface area contributed by atoms with Crippen LogP contribution in [0.2, 0.25) is 10.5 Å². The fourth-order valence-corrected chi connectivity index (χ4v) is 2.99. The molecule has 1 heterocycles. The third-order valence-electron chi connectivity index (χ3n) is 4.06. The van der Waals surface area contributed by atoms with Crippen LogP contribution in [-0.2, 0) is 0 Å². The van der Waals surface area contributed by atoms with Gasteiger partial charge in [0.15, 0.2) is 0 Å². The van der Waals surface area contributed by atoms with Gasteiger partial charge in [-0.1, -0.05) is 30.8 Å². The van der Waals surface area contributed by atoms with Crippen LogP contribution in [0.4, 0.5) is 0 Å². The SMILES string of the molecule is BC(C)(C)[C@H]1CC[C@H](n2nc(Cl)ccc2=O)CC1. The van der Waals surface area contributed by atoms with Gasteiger partial charge in [-0.25, -0.2) is 4.68 Å². The van der Waals surface area contributed by atoms with E-state index in [-0.39, 0.29) is 11.6 Å². The van der Waals surface area contributed by atoms with Crippen molar-refractivity contribution in [1.82, 2.24) is 9.78 Å². The Morgan fingerprint density at radius 1 is 1.33 bits per heavy atom. The van der Waals surface area contributed by atoms with Gasteiger partial charge >= 0.3 is 0 Å². The van der Waals surface area contributed by atoms with Crippen molar-refractivity contribution in [2.75, 3.05) is 0 Å². The average Bonchev–Trinajstić information content (AvgIpc) is 2.31. The summed E-state index contributed by atoms with van der Waals surface area (Å²) in [7, 11) is 2.29. The molecule has 0 atom stereocenters. The van der Waals surface area contributed by atoms with Crippen LogP contribution in [-0.4, -0.2) is 17.6 Å². The van der Waals surface area contributed by atoms with Gasteiger partial charge in [-0.15, -0.1) is 0 Å². The van der Waals surface area contributed by atoms with Gasteiger partial charge in [0.05, 0.1) is 6.04 Å². The van der Waals surface area contributed by atoms with E-state index in [4.69, 9.17) is 11.6 Å². The molecule has 0 aliphatic heterocycles. The molecule has 0 bridgehead atoms. The topological polar surface area (TPSA) is 34.9 Å². The third-order valence-corrected chi connectivity index (χ3v) is 4.26. The second-order valence-corrected chi connectivity index (χ2v) is 6.70. The van der Waals surface area contributed by atoms with Gasteiger partial charge in [-0.05, 0) is 37.7 Å². The van der Waals surface area contributed by atoms with E-state index in [0.717, 1.165) is 31.6 Å². The summed E-state index contributed by atoms with van der Waals surface area (Å²) in [6.45, 7) is 4.59. The lowest BCUT2D eigenvalue weighted by Gasteiger charge is -2.37. The molecule has 1 aromatic rings. The average molecular weight is 267 g/mol. The third kappa shape index (κ3) is 2.97. The zero-order chi connectivity index (χ0) is 13.3. The molecule has 0 aromatic carbocycles. The maximum Gasteiger partial charge on any atom is 0.267 e. The molecule has 1 fully saturated rings. The molecule has 5 heteroatoms. The minimum atomic E-state index is -0.0430. The maximum absolute atomic E-state index is 11.8. The van der Waals surface area contributed by atoms with Crippen molar-refractivity contribution in [3.63, 3.8) is 0 Å². The van der Waals surface area contributed by atoms with Crippen molar-refractivity contribution in [1.29, 1.82) is 0 Å². The Morgan fingerprint density at radius 3 is 2.50 bits per heavy atom. The van der Waals surface area contributed by atoms with Gasteiger partial charge in [0.25, 0.3) is 5.56 Å². The summed E-state index contributed by atoms with van der Waals surface area (Å²) in [5.41, 5.74) is -0.0430. The number of hydrogen-bond acceptors (Lipinski definition) is 2. The van der Waals surface area contributed by atoms with Crippen LogP contribution >= 0.6 is 11.6 Å². The first kappa shape index (κ1) is 13.7. The molecule has 0 saturated heterocycles. The van der Waals surface area contributed by atoms with E-state index >= 15 is 0 Å². The van der Waals surface area contributed by atoms with Crippen molar-refractivity contribution in [2.45, 2.75) is 50.9 Å². The molecule has 1 aliphatic rings. The Kier molecular flexibility index (Phi) is 3.86. The molecule has 0 amide bonds. The van der Waals surface area contributed by atoms with Gasteiger partial charge in [0, 0.05) is 6.07 Å². The van der Waals surface area contributed by atoms with Crippen LogP contribution < -0.4 is 5.56 Å². The van der Waals surface area contributed by atoms with Gasteiger partial charge in [-0.3, -0.25) is 4.79 Å². The second-order valence-electron chi connectivity index (χ2n) is 6.31. The minimum absolute atomic E-state index is 0.0430. The Morgan fingerprint density at radius 2 is 1.94 bits per heavy atom. The largest absolute Gasteiger partial charge is 0.268 e. The summed E-state index contributed by atoms with van der Waals surface area (Å²) in [5, 5.41) is 4.91. The first-order valence-electron chi connectivity index (χ1n) is 6.63. The molecule has 3 nitrogen and oxygen atoms in total. The molecular formula is C13H20BClN2O. The van der Waals surface area contributed by atoms with Gasteiger partial charge in [0.2, 0.25) is 0 Å². The van der Waals surface area contributed by atoms with E-state index < -0.39 is 0 Å². The first-order chi connectivity index (χ1) is 8.38. The lowest BCUT2D eigenvalue weighted by atomic mass is 9.59. The Hall–Kier alpha value is -0.765. The van der Waals surface area contributed by atoms with E-state index in [9.17, 15) is 4.79 Å². The van der Waals surface area contributed by atoms with E-state index in [1.165, 1.54) is 6.07 Å². The summed E-state index contributed by atoms with van der Waals surface area (Å²) in [6.07, 6.45) is 4.37. The zero-order valence-electron chi connectivity index (χ0n) is 11.3. The Labute approximate surface area is 114 Å². The fourth-order valence-electron chi connectivity index (χ4n) is 2.85. The predicted molar refractivity (Wildman–Crippen MR) is 77.1 cm³/mol. The molecule has 98 valence electrons. The molecule has 2 rings (SSSR count). The number of nitrogens with zero attached hydrogens (tertiary/aromatic N) is 2. The molecule has 1 aliphatic carbocycles. The van der Waals surface area contributed by atoms with Gasteiger partial charge in [-0.2, -0.15) is 5.10 Å². The zero-order valence-corrected chi connectivity index (χ0v) is 12.1. The number of rotatable bonds is 2. The molecule has 18 heavy (non-hydrogen) atoms. The van der Waals surface area contributed by atoms with Crippen LogP contribution in [0.15, 0.2) is 16.9 Å². The first-order valence-corrected chi connectivity index (χ1v) is 7.01. The Bertz CT molecular complexity index is 473. The summed E-state index contributed by atoms with van der Waals surface area (Å²) >= 11 is 5.87. The Balaban J connectivity index is 2.10. The van der Waals surface area contributed by atoms with E-state index in [1.54, 1.807) is 10.7 Å². The quantitative estimate of drug-likeness (QED) is 0.771. The van der Waals surface area contributed by atoms with Crippen LogP contribution in [0.3, 0.4) is 0 Å². The van der Waals surface area contributed by atoms with Crippen LogP contribution in [0.5, 0.6) is 0 Å². The summed E-state index contributed by atoms with van der Waals surface area (Å²) in [5.74, 6) is 0.739. The minimum Gasteiger partial charge on any atom is -0.268 e. The van der Waals surface area contributed by atoms with Gasteiger partial charge < -0.3 is 0 Å². The molecule has 1 saturated carbocycles. The predicted octanol–water partition coefficient (Wildman–Crippen LogP) is 2.46. The number of hydrogen-bond donors (Lipinski definition) is 0. The number of halogens is 1. The fraction of sp³-hybridized carbons (Fsp3) is 0.692. The highest BCUT2D eigenvalue weighted by atomic mass is 35.5. The van der Waals surface area contributed by atoms with Crippen molar-refractivity contribution < 1.29 is 0 Å². The van der Waals surface area contributed by atoms with E-state index in [0.29, 0.717) is 10.5 Å². The normalized spacial score (nSPS) is 25.1. The summed E-state index contributed by atoms with van der Waals surface area (Å²) in [6, 6.07) is 3.28. The van der Waals surface area contributed by atoms with Crippen LogP contribution in [0.1, 0.15) is 45.6 Å². The highest BCUT2D eigenvalue weighted by molar-refractivity contribution is 6.29. The molecule has 0 unspecified atom stereocenters. The van der Waals surface area contributed by atoms with Crippen molar-refractivity contribution in [2.24, 2.45) is 5.92 Å². The highest BCUT2D eigenvalue weighted by Gasteiger charge is 2.30. The smallest absolute Gasteiger partial charge is 0.267 e. The lowest BCUT2D eigenvalue weighted by molar-refractivity contribution is 0.220. The second kappa shape index (κ2) is 5.08. The van der Waals surface area contributed by atoms with Crippen molar-refractivity contribution >= 4 is 19.4 Å². The molecule has 1 aromatic heterocycles. The molecule has 0 radical (unpaired) electrons. The van der Waals surface area contributed by atoms with Gasteiger partial charge in [0.1, 0.15) is 13.0 Å². The highest BCUT2D eigenvalue weighted by Crippen LogP contribution is 2.43. The van der Waals surface area contributed by atoms with Crippen molar-refractivity contribution in [3.05, 3.63) is 27.6 Å². The monoisotopic (exact) mass is 266 g/mol. The van der Waals surface area contributed by atoms with Crippen LogP contribution in [0.25, 0.3) is 0 Å². The van der Waals surface area contributed by atoms with E-state index in [2.05, 4.69) is 26.8 Å². The summed E-state index contributed by atoms with van der Waals surface area (Å²) in [4.78, 5) is 11.8. The summed E-state index contributed by atoms with van der Waals surface area (Å²) < 4.78 is 1.57.